The fraction of sp³-hybridized carbons (Fsp3) is 0.632. The Hall–Kier alpha value is -1.55. The third kappa shape index (κ3) is 3.52. The monoisotopic (exact) mass is 318 g/mol. The summed E-state index contributed by atoms with van der Waals surface area (Å²) < 4.78 is 10.7. The maximum absolute atomic E-state index is 12.2. The van der Waals surface area contributed by atoms with Gasteiger partial charge in [0.1, 0.15) is 5.78 Å². The summed E-state index contributed by atoms with van der Waals surface area (Å²) in [7, 11) is 3.34. The highest BCUT2D eigenvalue weighted by molar-refractivity contribution is 5.82. The molecule has 0 bridgehead atoms. The van der Waals surface area contributed by atoms with Gasteiger partial charge in [-0.05, 0) is 30.5 Å². The van der Waals surface area contributed by atoms with Crippen LogP contribution in [0.4, 0.5) is 0 Å². The second kappa shape index (κ2) is 7.35. The number of piperidine rings is 1. The lowest BCUT2D eigenvalue weighted by molar-refractivity contribution is -0.931. The summed E-state index contributed by atoms with van der Waals surface area (Å²) in [4.78, 5) is 13.8. The number of nitrogens with one attached hydrogen (secondary N) is 1. The highest BCUT2D eigenvalue weighted by Gasteiger charge is 2.41. The third-order valence-electron chi connectivity index (χ3n) is 5.58. The van der Waals surface area contributed by atoms with Gasteiger partial charge in [-0.25, -0.2) is 0 Å². The normalized spacial score (nSPS) is 27.4. The molecular weight excluding hydrogens is 290 g/mol. The first-order valence-corrected chi connectivity index (χ1v) is 8.81. The van der Waals surface area contributed by atoms with Crippen LogP contribution in [-0.4, -0.2) is 39.1 Å². The Morgan fingerprint density at radius 2 is 1.91 bits per heavy atom. The number of rotatable bonds is 5. The van der Waals surface area contributed by atoms with Crippen molar-refractivity contribution in [2.75, 3.05) is 27.3 Å². The molecule has 1 aromatic carbocycles. The average Bonchev–Trinajstić information content (AvgIpc) is 2.61. The molecule has 0 aromatic heterocycles. The number of methoxy groups -OCH3 is 2. The van der Waals surface area contributed by atoms with Crippen molar-refractivity contribution < 1.29 is 19.2 Å². The fourth-order valence-corrected chi connectivity index (χ4v) is 4.31. The molecule has 23 heavy (non-hydrogen) atoms. The zero-order valence-electron chi connectivity index (χ0n) is 14.3. The summed E-state index contributed by atoms with van der Waals surface area (Å²) >= 11 is 0. The second-order valence-electron chi connectivity index (χ2n) is 6.81. The summed E-state index contributed by atoms with van der Waals surface area (Å²) in [5, 5.41) is 0. The number of benzene rings is 1. The number of hydrogen-bond acceptors (Lipinski definition) is 3. The molecule has 2 fully saturated rings. The van der Waals surface area contributed by atoms with Crippen LogP contribution < -0.4 is 14.4 Å². The molecule has 3 atom stereocenters. The minimum absolute atomic E-state index is 0.331. The first-order chi connectivity index (χ1) is 11.2. The van der Waals surface area contributed by atoms with Crippen LogP contribution in [0.3, 0.4) is 0 Å². The van der Waals surface area contributed by atoms with Crippen molar-refractivity contribution in [3.8, 4) is 11.5 Å². The highest BCUT2D eigenvalue weighted by Crippen LogP contribution is 2.28. The maximum atomic E-state index is 12.2. The third-order valence-corrected chi connectivity index (χ3v) is 5.58. The molecule has 1 N–H and O–H groups in total. The van der Waals surface area contributed by atoms with Crippen LogP contribution in [0.15, 0.2) is 18.2 Å². The number of quaternary nitrogens is 1. The largest absolute Gasteiger partial charge is 0.493 e. The van der Waals surface area contributed by atoms with E-state index < -0.39 is 0 Å². The zero-order chi connectivity index (χ0) is 16.2. The number of carbonyl (C=O) groups is 1. The minimum atomic E-state index is 0.331. The number of likely N-dealkylation sites (tertiary alicyclic amines) is 1. The van der Waals surface area contributed by atoms with Gasteiger partial charge in [-0.15, -0.1) is 0 Å². The van der Waals surface area contributed by atoms with Gasteiger partial charge in [-0.2, -0.15) is 0 Å². The average molecular weight is 318 g/mol. The van der Waals surface area contributed by atoms with Crippen molar-refractivity contribution in [3.63, 3.8) is 0 Å². The molecule has 4 heteroatoms. The lowest BCUT2D eigenvalue weighted by Crippen LogP contribution is -3.18. The zero-order valence-corrected chi connectivity index (χ0v) is 14.3. The van der Waals surface area contributed by atoms with E-state index in [0.717, 1.165) is 43.9 Å². The maximum Gasteiger partial charge on any atom is 0.160 e. The van der Waals surface area contributed by atoms with Crippen molar-refractivity contribution in [1.29, 1.82) is 0 Å². The van der Waals surface area contributed by atoms with E-state index in [1.165, 1.54) is 24.8 Å². The number of ketones is 1. The van der Waals surface area contributed by atoms with E-state index in [9.17, 15) is 4.79 Å². The van der Waals surface area contributed by atoms with Crippen molar-refractivity contribution in [2.24, 2.45) is 5.92 Å². The SMILES string of the molecule is COc1ccc(CC[NH+]2CCC(=O)[C@@H]3CCCC[C@@H]32)cc1OC. The molecule has 0 amide bonds. The quantitative estimate of drug-likeness (QED) is 0.898. The van der Waals surface area contributed by atoms with Gasteiger partial charge in [0.15, 0.2) is 11.5 Å². The predicted octanol–water partition coefficient (Wildman–Crippen LogP) is 1.66. The Morgan fingerprint density at radius 3 is 2.70 bits per heavy atom. The van der Waals surface area contributed by atoms with Gasteiger partial charge < -0.3 is 14.4 Å². The Labute approximate surface area is 138 Å². The van der Waals surface area contributed by atoms with E-state index in [2.05, 4.69) is 12.1 Å². The van der Waals surface area contributed by atoms with E-state index in [0.29, 0.717) is 17.7 Å². The first kappa shape index (κ1) is 16.3. The summed E-state index contributed by atoms with van der Waals surface area (Å²) in [6.45, 7) is 2.11. The van der Waals surface area contributed by atoms with Gasteiger partial charge in [0.25, 0.3) is 0 Å². The van der Waals surface area contributed by atoms with Crippen LogP contribution in [0.25, 0.3) is 0 Å². The van der Waals surface area contributed by atoms with E-state index in [1.54, 1.807) is 19.1 Å². The van der Waals surface area contributed by atoms with Crippen molar-refractivity contribution in [2.45, 2.75) is 44.6 Å². The van der Waals surface area contributed by atoms with E-state index >= 15 is 0 Å². The molecule has 3 rings (SSSR count). The molecule has 1 saturated heterocycles. The van der Waals surface area contributed by atoms with Crippen LogP contribution in [0, 0.1) is 5.92 Å². The molecule has 1 aliphatic heterocycles. The lowest BCUT2D eigenvalue weighted by atomic mass is 9.77. The van der Waals surface area contributed by atoms with Crippen LogP contribution in [0.2, 0.25) is 0 Å². The van der Waals surface area contributed by atoms with Gasteiger partial charge in [0.2, 0.25) is 0 Å². The molecule has 1 unspecified atom stereocenters. The van der Waals surface area contributed by atoms with Gasteiger partial charge in [-0.1, -0.05) is 12.5 Å². The van der Waals surface area contributed by atoms with Crippen molar-refractivity contribution >= 4 is 5.78 Å². The number of fused-ring (bicyclic) bond motifs is 1. The van der Waals surface area contributed by atoms with E-state index in [4.69, 9.17) is 9.47 Å². The Kier molecular flexibility index (Phi) is 5.21. The summed E-state index contributed by atoms with van der Waals surface area (Å²) in [5.41, 5.74) is 1.28. The minimum Gasteiger partial charge on any atom is -0.493 e. The number of ether oxygens (including phenoxy) is 2. The lowest BCUT2D eigenvalue weighted by Gasteiger charge is -2.40. The predicted molar refractivity (Wildman–Crippen MR) is 89.3 cm³/mol. The highest BCUT2D eigenvalue weighted by atomic mass is 16.5. The molecule has 126 valence electrons. The summed E-state index contributed by atoms with van der Waals surface area (Å²) in [5.74, 6) is 2.42. The molecule has 1 aliphatic carbocycles. The van der Waals surface area contributed by atoms with Gasteiger partial charge in [0.05, 0.1) is 45.7 Å². The molecule has 1 aromatic rings. The molecule has 0 radical (unpaired) electrons. The molecule has 1 saturated carbocycles. The van der Waals surface area contributed by atoms with Gasteiger partial charge in [0, 0.05) is 12.8 Å². The Morgan fingerprint density at radius 1 is 1.13 bits per heavy atom. The first-order valence-electron chi connectivity index (χ1n) is 8.81. The standard InChI is InChI=1S/C19H27NO3/c1-22-18-8-7-14(13-19(18)23-2)9-11-20-12-10-17(21)15-5-3-4-6-16(15)20/h7-8,13,15-16H,3-6,9-12H2,1-2H3/p+1/t15-,16+/m1/s1. The summed E-state index contributed by atoms with van der Waals surface area (Å²) in [6.07, 6.45) is 6.64. The Balaban J connectivity index is 1.64. The second-order valence-corrected chi connectivity index (χ2v) is 6.81. The summed E-state index contributed by atoms with van der Waals surface area (Å²) in [6, 6.07) is 6.73. The number of hydrogen-bond donors (Lipinski definition) is 1. The van der Waals surface area contributed by atoms with Crippen molar-refractivity contribution in [3.05, 3.63) is 23.8 Å². The van der Waals surface area contributed by atoms with Crippen molar-refractivity contribution in [1.82, 2.24) is 0 Å². The van der Waals surface area contributed by atoms with E-state index in [1.807, 2.05) is 6.07 Å². The van der Waals surface area contributed by atoms with Gasteiger partial charge >= 0.3 is 0 Å². The van der Waals surface area contributed by atoms with E-state index in [-0.39, 0.29) is 0 Å². The van der Waals surface area contributed by atoms with Crippen LogP contribution in [0.5, 0.6) is 11.5 Å². The number of carbonyl (C=O) groups excluding carboxylic acids is 1. The molecule has 1 heterocycles. The molecule has 2 aliphatic rings. The molecule has 0 spiro atoms. The fourth-order valence-electron chi connectivity index (χ4n) is 4.31. The van der Waals surface area contributed by atoms with Crippen LogP contribution >= 0.6 is 0 Å². The molecule has 4 nitrogen and oxygen atoms in total. The van der Waals surface area contributed by atoms with Crippen LogP contribution in [0.1, 0.15) is 37.7 Å². The number of Topliss-reactive ketones (excluding diaryl/α,β-unsaturated/α-hetero) is 1. The smallest absolute Gasteiger partial charge is 0.160 e. The Bertz CT molecular complexity index is 558. The topological polar surface area (TPSA) is 40.0 Å². The molecular formula is C19H28NO3+. The van der Waals surface area contributed by atoms with Crippen LogP contribution in [-0.2, 0) is 11.2 Å². The van der Waals surface area contributed by atoms with Gasteiger partial charge in [-0.3, -0.25) is 4.79 Å².